The van der Waals surface area contributed by atoms with Crippen LogP contribution >= 0.6 is 0 Å². The van der Waals surface area contributed by atoms with Crippen LogP contribution in [0.5, 0.6) is 11.5 Å². The van der Waals surface area contributed by atoms with Crippen molar-refractivity contribution in [3.05, 3.63) is 111 Å². The molecule has 0 saturated heterocycles. The molecule has 0 aliphatic carbocycles. The molecular formula is C30H27NO5. The predicted molar refractivity (Wildman–Crippen MR) is 140 cm³/mol. The number of anilines is 1. The van der Waals surface area contributed by atoms with Crippen molar-refractivity contribution in [2.45, 2.75) is 26.8 Å². The van der Waals surface area contributed by atoms with Gasteiger partial charge >= 0.3 is 0 Å². The number of amides is 1. The van der Waals surface area contributed by atoms with Crippen molar-refractivity contribution in [2.24, 2.45) is 0 Å². The van der Waals surface area contributed by atoms with Crippen molar-refractivity contribution in [3.63, 3.8) is 0 Å². The molecule has 0 bridgehead atoms. The van der Waals surface area contributed by atoms with Crippen molar-refractivity contribution < 1.29 is 18.7 Å². The number of hydrogen-bond acceptors (Lipinski definition) is 5. The number of ether oxygens (including phenoxy) is 2. The first-order chi connectivity index (χ1) is 17.3. The zero-order valence-electron chi connectivity index (χ0n) is 20.8. The van der Waals surface area contributed by atoms with Gasteiger partial charge in [-0.05, 0) is 73.9 Å². The summed E-state index contributed by atoms with van der Waals surface area (Å²) in [6.07, 6.45) is 1.65. The second kappa shape index (κ2) is 9.04. The van der Waals surface area contributed by atoms with Crippen LogP contribution in [0.25, 0.3) is 11.0 Å². The largest absolute Gasteiger partial charge is 0.493 e. The topological polar surface area (TPSA) is 69.0 Å². The number of aryl methyl sites for hydroxylation is 3. The van der Waals surface area contributed by atoms with Gasteiger partial charge in [-0.1, -0.05) is 36.4 Å². The molecular weight excluding hydrogens is 454 g/mol. The van der Waals surface area contributed by atoms with Crippen LogP contribution < -0.4 is 19.8 Å². The highest BCUT2D eigenvalue weighted by Crippen LogP contribution is 2.43. The van der Waals surface area contributed by atoms with Gasteiger partial charge in [0.15, 0.2) is 16.9 Å². The average Bonchev–Trinajstić information content (AvgIpc) is 3.17. The van der Waals surface area contributed by atoms with Gasteiger partial charge in [-0.3, -0.25) is 14.5 Å². The molecule has 1 atom stereocenters. The van der Waals surface area contributed by atoms with Crippen LogP contribution in [-0.4, -0.2) is 19.6 Å². The van der Waals surface area contributed by atoms with Gasteiger partial charge in [-0.2, -0.15) is 0 Å². The van der Waals surface area contributed by atoms with E-state index >= 15 is 0 Å². The molecule has 3 aromatic carbocycles. The van der Waals surface area contributed by atoms with Gasteiger partial charge in [0.2, 0.25) is 5.76 Å². The fraction of sp³-hybridized carbons (Fsp3) is 0.200. The zero-order valence-corrected chi connectivity index (χ0v) is 20.8. The Balaban J connectivity index is 1.77. The molecule has 1 aliphatic heterocycles. The molecule has 5 rings (SSSR count). The van der Waals surface area contributed by atoms with E-state index in [9.17, 15) is 9.59 Å². The van der Waals surface area contributed by atoms with Crippen LogP contribution in [0.1, 0.15) is 44.4 Å². The Morgan fingerprint density at radius 2 is 1.69 bits per heavy atom. The molecule has 6 nitrogen and oxygen atoms in total. The molecule has 0 fully saturated rings. The molecule has 0 spiro atoms. The minimum atomic E-state index is -0.695. The Hall–Kier alpha value is -4.32. The summed E-state index contributed by atoms with van der Waals surface area (Å²) in [5.74, 6) is 0.745. The standard InChI is InChI=1S/C30H27NO5/c1-6-13-35-23-12-9-20(16-25(23)34-5)27-26-28(32)22-14-18(3)19(4)15-24(22)36-29(26)30(33)31(27)21-10-7-17(2)8-11-21/h6-12,14-16,27H,1,13H2,2-5H3. The monoisotopic (exact) mass is 481 g/mol. The molecule has 182 valence electrons. The van der Waals surface area contributed by atoms with Crippen LogP contribution in [0.3, 0.4) is 0 Å². The van der Waals surface area contributed by atoms with E-state index in [0.717, 1.165) is 16.7 Å². The zero-order chi connectivity index (χ0) is 25.6. The lowest BCUT2D eigenvalue weighted by Crippen LogP contribution is -2.29. The molecule has 0 radical (unpaired) electrons. The lowest BCUT2D eigenvalue weighted by Gasteiger charge is -2.26. The van der Waals surface area contributed by atoms with Gasteiger partial charge in [0, 0.05) is 5.69 Å². The fourth-order valence-electron chi connectivity index (χ4n) is 4.64. The van der Waals surface area contributed by atoms with Gasteiger partial charge < -0.3 is 13.9 Å². The number of carbonyl (C=O) groups excluding carboxylic acids is 1. The molecule has 4 aromatic rings. The number of carbonyl (C=O) groups is 1. The highest BCUT2D eigenvalue weighted by molar-refractivity contribution is 6.10. The predicted octanol–water partition coefficient (Wildman–Crippen LogP) is 6.04. The second-order valence-electron chi connectivity index (χ2n) is 9.03. The van der Waals surface area contributed by atoms with E-state index in [2.05, 4.69) is 6.58 Å². The van der Waals surface area contributed by atoms with E-state index in [-0.39, 0.29) is 17.1 Å². The summed E-state index contributed by atoms with van der Waals surface area (Å²) in [6.45, 7) is 9.90. The summed E-state index contributed by atoms with van der Waals surface area (Å²) in [5, 5.41) is 0.457. The molecule has 36 heavy (non-hydrogen) atoms. The molecule has 6 heteroatoms. The minimum absolute atomic E-state index is 0.0623. The maximum absolute atomic E-state index is 13.9. The van der Waals surface area contributed by atoms with Gasteiger partial charge in [0.25, 0.3) is 5.91 Å². The van der Waals surface area contributed by atoms with E-state index in [1.165, 1.54) is 0 Å². The fourth-order valence-corrected chi connectivity index (χ4v) is 4.64. The molecule has 1 amide bonds. The summed E-state index contributed by atoms with van der Waals surface area (Å²) in [7, 11) is 1.55. The summed E-state index contributed by atoms with van der Waals surface area (Å²) in [4.78, 5) is 29.3. The number of methoxy groups -OCH3 is 1. The molecule has 2 heterocycles. The summed E-state index contributed by atoms with van der Waals surface area (Å²) >= 11 is 0. The molecule has 0 saturated carbocycles. The number of hydrogen-bond donors (Lipinski definition) is 0. The minimum Gasteiger partial charge on any atom is -0.493 e. The Labute approximate surface area is 209 Å². The molecule has 1 aliphatic rings. The lowest BCUT2D eigenvalue weighted by molar-refractivity contribution is 0.0971. The van der Waals surface area contributed by atoms with Crippen molar-refractivity contribution >= 4 is 22.6 Å². The average molecular weight is 482 g/mol. The van der Waals surface area contributed by atoms with Gasteiger partial charge in [-0.25, -0.2) is 0 Å². The number of fused-ring (bicyclic) bond motifs is 2. The number of benzene rings is 3. The number of nitrogens with zero attached hydrogens (tertiary/aromatic N) is 1. The van der Waals surface area contributed by atoms with Crippen molar-refractivity contribution in [1.82, 2.24) is 0 Å². The van der Waals surface area contributed by atoms with Crippen LogP contribution in [-0.2, 0) is 0 Å². The van der Waals surface area contributed by atoms with E-state index < -0.39 is 6.04 Å². The highest BCUT2D eigenvalue weighted by Gasteiger charge is 2.44. The van der Waals surface area contributed by atoms with Crippen molar-refractivity contribution in [1.29, 1.82) is 0 Å². The Morgan fingerprint density at radius 3 is 2.39 bits per heavy atom. The van der Waals surface area contributed by atoms with Crippen LogP contribution in [0.15, 0.2) is 76.5 Å². The van der Waals surface area contributed by atoms with Crippen LogP contribution in [0, 0.1) is 20.8 Å². The first-order valence-electron chi connectivity index (χ1n) is 11.7. The normalized spacial score (nSPS) is 14.7. The molecule has 1 aromatic heterocycles. The highest BCUT2D eigenvalue weighted by atomic mass is 16.5. The van der Waals surface area contributed by atoms with E-state index in [4.69, 9.17) is 13.9 Å². The van der Waals surface area contributed by atoms with Crippen LogP contribution in [0.4, 0.5) is 5.69 Å². The lowest BCUT2D eigenvalue weighted by atomic mass is 9.97. The summed E-state index contributed by atoms with van der Waals surface area (Å²) in [6, 6.07) is 16.0. The molecule has 1 unspecified atom stereocenters. The third-order valence-electron chi connectivity index (χ3n) is 6.66. The first kappa shape index (κ1) is 23.4. The van der Waals surface area contributed by atoms with Crippen LogP contribution in [0.2, 0.25) is 0 Å². The second-order valence-corrected chi connectivity index (χ2v) is 9.03. The Bertz CT molecular complexity index is 1570. The maximum atomic E-state index is 13.9. The van der Waals surface area contributed by atoms with Crippen molar-refractivity contribution in [2.75, 3.05) is 18.6 Å². The Kier molecular flexibility index (Phi) is 5.88. The van der Waals surface area contributed by atoms with Gasteiger partial charge in [0.1, 0.15) is 12.2 Å². The first-order valence-corrected chi connectivity index (χ1v) is 11.7. The quantitative estimate of drug-likeness (QED) is 0.314. The van der Waals surface area contributed by atoms with E-state index in [0.29, 0.717) is 45.9 Å². The number of rotatable bonds is 6. The maximum Gasteiger partial charge on any atom is 0.295 e. The summed E-state index contributed by atoms with van der Waals surface area (Å²) in [5.41, 5.74) is 4.93. The van der Waals surface area contributed by atoms with Crippen molar-refractivity contribution in [3.8, 4) is 11.5 Å². The molecule has 0 N–H and O–H groups in total. The van der Waals surface area contributed by atoms with Gasteiger partial charge in [-0.15, -0.1) is 0 Å². The van der Waals surface area contributed by atoms with E-state index in [1.807, 2.05) is 63.2 Å². The van der Waals surface area contributed by atoms with Gasteiger partial charge in [0.05, 0.1) is 24.1 Å². The third-order valence-corrected chi connectivity index (χ3v) is 6.66. The SMILES string of the molecule is C=CCOc1ccc(C2c3c(oc4cc(C)c(C)cc4c3=O)C(=O)N2c2ccc(C)cc2)cc1OC. The third kappa shape index (κ3) is 3.75. The smallest absolute Gasteiger partial charge is 0.295 e. The Morgan fingerprint density at radius 1 is 0.972 bits per heavy atom. The van der Waals surface area contributed by atoms with E-state index in [1.54, 1.807) is 30.2 Å². The summed E-state index contributed by atoms with van der Waals surface area (Å²) < 4.78 is 17.4.